The highest BCUT2D eigenvalue weighted by Crippen LogP contribution is 2.29. The summed E-state index contributed by atoms with van der Waals surface area (Å²) >= 11 is 0. The second-order valence-electron chi connectivity index (χ2n) is 7.48. The summed E-state index contributed by atoms with van der Waals surface area (Å²) in [5.41, 5.74) is 3.56. The maximum atomic E-state index is 4.87. The van der Waals surface area contributed by atoms with Gasteiger partial charge in [-0.1, -0.05) is 0 Å². The highest BCUT2D eigenvalue weighted by Gasteiger charge is 2.22. The largest absolute Gasteiger partial charge is 0.368 e. The van der Waals surface area contributed by atoms with E-state index in [9.17, 15) is 0 Å². The fraction of sp³-hybridized carbons (Fsp3) is 0.550. The summed E-state index contributed by atoms with van der Waals surface area (Å²) in [6, 6.07) is 4.46. The summed E-state index contributed by atoms with van der Waals surface area (Å²) in [6.45, 7) is 7.82. The van der Waals surface area contributed by atoms with Crippen molar-refractivity contribution in [1.82, 2.24) is 24.8 Å². The predicted molar refractivity (Wildman–Crippen MR) is 104 cm³/mol. The van der Waals surface area contributed by atoms with Crippen molar-refractivity contribution >= 4 is 5.82 Å². The average molecular weight is 352 g/mol. The number of aromatic nitrogens is 3. The molecule has 1 aliphatic heterocycles. The van der Waals surface area contributed by atoms with Crippen LogP contribution in [0, 0.1) is 0 Å². The van der Waals surface area contributed by atoms with E-state index in [0.29, 0.717) is 6.04 Å². The van der Waals surface area contributed by atoms with Gasteiger partial charge in [0.1, 0.15) is 5.82 Å². The van der Waals surface area contributed by atoms with Gasteiger partial charge in [-0.05, 0) is 45.4 Å². The number of piperazine rings is 1. The number of nitrogens with zero attached hydrogens (tertiary/aromatic N) is 5. The van der Waals surface area contributed by atoms with Crippen molar-refractivity contribution in [2.24, 2.45) is 0 Å². The lowest BCUT2D eigenvalue weighted by atomic mass is 10.2. The van der Waals surface area contributed by atoms with E-state index in [1.165, 1.54) is 17.7 Å². The van der Waals surface area contributed by atoms with Gasteiger partial charge in [-0.3, -0.25) is 9.88 Å². The molecule has 2 aliphatic rings. The van der Waals surface area contributed by atoms with Crippen LogP contribution in [0.25, 0.3) is 11.4 Å². The third kappa shape index (κ3) is 3.71. The van der Waals surface area contributed by atoms with Gasteiger partial charge in [0, 0.05) is 68.0 Å². The summed E-state index contributed by atoms with van der Waals surface area (Å²) in [7, 11) is 2.20. The van der Waals surface area contributed by atoms with Crippen molar-refractivity contribution in [2.75, 3.05) is 45.1 Å². The molecule has 0 bridgehead atoms. The van der Waals surface area contributed by atoms with Crippen molar-refractivity contribution in [3.8, 4) is 11.4 Å². The molecule has 26 heavy (non-hydrogen) atoms. The summed E-state index contributed by atoms with van der Waals surface area (Å²) in [5.74, 6) is 1.84. The van der Waals surface area contributed by atoms with Crippen LogP contribution in [0.1, 0.15) is 24.6 Å². The van der Waals surface area contributed by atoms with Crippen LogP contribution in [0.15, 0.2) is 24.5 Å². The number of aryl methyl sites for hydroxylation is 1. The van der Waals surface area contributed by atoms with Gasteiger partial charge >= 0.3 is 0 Å². The second kappa shape index (κ2) is 7.68. The molecule has 2 aromatic rings. The monoisotopic (exact) mass is 352 g/mol. The van der Waals surface area contributed by atoms with E-state index in [1.807, 2.05) is 12.1 Å². The Bertz CT molecular complexity index is 739. The summed E-state index contributed by atoms with van der Waals surface area (Å²) in [6.07, 6.45) is 6.91. The molecule has 0 amide bonds. The number of fused-ring (bicyclic) bond motifs is 1. The predicted octanol–water partition coefficient (Wildman–Crippen LogP) is 2.08. The Kier molecular flexibility index (Phi) is 5.13. The van der Waals surface area contributed by atoms with Gasteiger partial charge < -0.3 is 10.2 Å². The molecule has 0 spiro atoms. The Morgan fingerprint density at radius 1 is 1.08 bits per heavy atom. The van der Waals surface area contributed by atoms with E-state index in [-0.39, 0.29) is 0 Å². The molecule has 138 valence electrons. The fourth-order valence-corrected chi connectivity index (χ4v) is 3.84. The van der Waals surface area contributed by atoms with E-state index in [0.717, 1.165) is 62.8 Å². The summed E-state index contributed by atoms with van der Waals surface area (Å²) < 4.78 is 0. The molecule has 1 fully saturated rings. The van der Waals surface area contributed by atoms with Crippen molar-refractivity contribution < 1.29 is 0 Å². The van der Waals surface area contributed by atoms with Crippen LogP contribution in [0.2, 0.25) is 0 Å². The van der Waals surface area contributed by atoms with Crippen molar-refractivity contribution in [1.29, 1.82) is 0 Å². The molecule has 1 saturated heterocycles. The molecule has 1 atom stereocenters. The molecule has 1 unspecified atom stereocenters. The van der Waals surface area contributed by atoms with Crippen LogP contribution in [0.5, 0.6) is 0 Å². The molecule has 6 heteroatoms. The van der Waals surface area contributed by atoms with Gasteiger partial charge in [0.05, 0.1) is 0 Å². The van der Waals surface area contributed by atoms with Gasteiger partial charge in [-0.25, -0.2) is 9.97 Å². The van der Waals surface area contributed by atoms with Crippen LogP contribution in [-0.2, 0) is 12.8 Å². The van der Waals surface area contributed by atoms with Gasteiger partial charge in [-0.2, -0.15) is 0 Å². The van der Waals surface area contributed by atoms with E-state index >= 15 is 0 Å². The van der Waals surface area contributed by atoms with E-state index in [2.05, 4.69) is 34.1 Å². The fourth-order valence-electron chi connectivity index (χ4n) is 3.84. The zero-order valence-electron chi connectivity index (χ0n) is 15.8. The zero-order chi connectivity index (χ0) is 17.9. The highest BCUT2D eigenvalue weighted by molar-refractivity contribution is 5.60. The lowest BCUT2D eigenvalue weighted by Gasteiger charge is -2.36. The first-order valence-corrected chi connectivity index (χ1v) is 9.67. The third-order valence-electron chi connectivity index (χ3n) is 5.60. The average Bonchev–Trinajstić information content (AvgIpc) is 3.16. The van der Waals surface area contributed by atoms with Crippen LogP contribution >= 0.6 is 0 Å². The Morgan fingerprint density at radius 2 is 1.85 bits per heavy atom. The number of pyridine rings is 1. The molecule has 0 saturated carbocycles. The molecule has 1 N–H and O–H groups in total. The van der Waals surface area contributed by atoms with Crippen LogP contribution < -0.4 is 5.32 Å². The van der Waals surface area contributed by atoms with Gasteiger partial charge in [-0.15, -0.1) is 0 Å². The van der Waals surface area contributed by atoms with E-state index in [4.69, 9.17) is 9.97 Å². The topological polar surface area (TPSA) is 57.2 Å². The number of hydrogen-bond acceptors (Lipinski definition) is 6. The Morgan fingerprint density at radius 3 is 2.62 bits per heavy atom. The zero-order valence-corrected chi connectivity index (χ0v) is 15.8. The lowest BCUT2D eigenvalue weighted by molar-refractivity contribution is 0.123. The smallest absolute Gasteiger partial charge is 0.161 e. The summed E-state index contributed by atoms with van der Waals surface area (Å²) in [4.78, 5) is 18.7. The SMILES string of the molecule is CC(CNc1nc(-c2ccncc2)nc2c1CCC2)N1CCN(C)CC1. The Labute approximate surface area is 155 Å². The minimum absolute atomic E-state index is 0.500. The Hall–Kier alpha value is -2.05. The minimum Gasteiger partial charge on any atom is -0.368 e. The number of rotatable bonds is 5. The standard InChI is InChI=1S/C20H28N6/c1-15(26-12-10-25(2)11-13-26)14-22-20-17-4-3-5-18(17)23-19(24-20)16-6-8-21-9-7-16/h6-9,15H,3-5,10-14H2,1-2H3,(H,22,23,24). The molecule has 3 heterocycles. The lowest BCUT2D eigenvalue weighted by Crippen LogP contribution is -2.50. The van der Waals surface area contributed by atoms with Crippen LogP contribution in [0.3, 0.4) is 0 Å². The number of anilines is 1. The molecule has 0 radical (unpaired) electrons. The van der Waals surface area contributed by atoms with Gasteiger partial charge in [0.25, 0.3) is 0 Å². The number of hydrogen-bond donors (Lipinski definition) is 1. The van der Waals surface area contributed by atoms with Crippen LogP contribution in [-0.4, -0.2) is 70.6 Å². The third-order valence-corrected chi connectivity index (χ3v) is 5.60. The molecule has 0 aromatic carbocycles. The second-order valence-corrected chi connectivity index (χ2v) is 7.48. The Balaban J connectivity index is 1.50. The molecular formula is C20H28N6. The van der Waals surface area contributed by atoms with E-state index in [1.54, 1.807) is 12.4 Å². The highest BCUT2D eigenvalue weighted by atomic mass is 15.3. The maximum Gasteiger partial charge on any atom is 0.161 e. The molecule has 2 aromatic heterocycles. The number of nitrogens with one attached hydrogen (secondary N) is 1. The van der Waals surface area contributed by atoms with Crippen molar-refractivity contribution in [2.45, 2.75) is 32.2 Å². The maximum absolute atomic E-state index is 4.87. The van der Waals surface area contributed by atoms with Gasteiger partial charge in [0.2, 0.25) is 0 Å². The molecule has 6 nitrogen and oxygen atoms in total. The molecular weight excluding hydrogens is 324 g/mol. The van der Waals surface area contributed by atoms with Crippen molar-refractivity contribution in [3.63, 3.8) is 0 Å². The first-order valence-electron chi connectivity index (χ1n) is 9.67. The summed E-state index contributed by atoms with van der Waals surface area (Å²) in [5, 5.41) is 3.64. The molecule has 4 rings (SSSR count). The normalized spacial score (nSPS) is 19.3. The van der Waals surface area contributed by atoms with E-state index < -0.39 is 0 Å². The first-order chi connectivity index (χ1) is 12.7. The van der Waals surface area contributed by atoms with Crippen LogP contribution in [0.4, 0.5) is 5.82 Å². The van der Waals surface area contributed by atoms with Gasteiger partial charge in [0.15, 0.2) is 5.82 Å². The van der Waals surface area contributed by atoms with Crippen molar-refractivity contribution in [3.05, 3.63) is 35.8 Å². The first kappa shape index (κ1) is 17.4. The minimum atomic E-state index is 0.500. The molecule has 1 aliphatic carbocycles. The quantitative estimate of drug-likeness (QED) is 0.889. The number of likely N-dealkylation sites (N-methyl/N-ethyl adjacent to an activating group) is 1.